The highest BCUT2D eigenvalue weighted by molar-refractivity contribution is 9.10. The van der Waals surface area contributed by atoms with Gasteiger partial charge in [-0.15, -0.1) is 0 Å². The number of ketones is 1. The van der Waals surface area contributed by atoms with Crippen molar-refractivity contribution < 1.29 is 15.0 Å². The van der Waals surface area contributed by atoms with Crippen molar-refractivity contribution in [3.63, 3.8) is 0 Å². The fraction of sp³-hybridized carbons (Fsp3) is 0.222. The van der Waals surface area contributed by atoms with Crippen molar-refractivity contribution in [2.24, 2.45) is 5.73 Å². The summed E-state index contributed by atoms with van der Waals surface area (Å²) in [6, 6.07) is 2.77. The molecule has 0 aliphatic carbocycles. The van der Waals surface area contributed by atoms with Crippen LogP contribution in [0.3, 0.4) is 0 Å². The van der Waals surface area contributed by atoms with Gasteiger partial charge in [-0.2, -0.15) is 0 Å². The van der Waals surface area contributed by atoms with Crippen LogP contribution in [0.25, 0.3) is 0 Å². The Morgan fingerprint density at radius 2 is 2.07 bits per heavy atom. The quantitative estimate of drug-likeness (QED) is 0.566. The van der Waals surface area contributed by atoms with E-state index in [2.05, 4.69) is 15.9 Å². The molecule has 0 atom stereocenters. The summed E-state index contributed by atoms with van der Waals surface area (Å²) in [7, 11) is 0. The normalized spacial score (nSPS) is 10.1. The molecule has 4 nitrogen and oxygen atoms in total. The lowest BCUT2D eigenvalue weighted by molar-refractivity contribution is 0.0982. The number of hydrogen-bond donors (Lipinski definition) is 3. The highest BCUT2D eigenvalue weighted by atomic mass is 79.9. The molecule has 0 aromatic heterocycles. The van der Waals surface area contributed by atoms with Gasteiger partial charge in [0.15, 0.2) is 17.3 Å². The number of carbonyl (C=O) groups excluding carboxylic acids is 1. The van der Waals surface area contributed by atoms with Crippen LogP contribution in [0.15, 0.2) is 16.6 Å². The molecule has 0 saturated heterocycles. The van der Waals surface area contributed by atoms with Crippen molar-refractivity contribution in [1.82, 2.24) is 0 Å². The zero-order valence-corrected chi connectivity index (χ0v) is 8.91. The SMILES string of the molecule is NCCC(=O)c1cc(Br)cc(O)c1O. The zero-order valence-electron chi connectivity index (χ0n) is 7.33. The number of hydrogen-bond acceptors (Lipinski definition) is 4. The van der Waals surface area contributed by atoms with E-state index in [0.717, 1.165) is 0 Å². The van der Waals surface area contributed by atoms with E-state index < -0.39 is 5.75 Å². The first-order valence-electron chi connectivity index (χ1n) is 4.01. The summed E-state index contributed by atoms with van der Waals surface area (Å²) >= 11 is 3.11. The van der Waals surface area contributed by atoms with Crippen molar-refractivity contribution in [2.45, 2.75) is 6.42 Å². The molecule has 0 bridgehead atoms. The topological polar surface area (TPSA) is 83.6 Å². The molecule has 14 heavy (non-hydrogen) atoms. The van der Waals surface area contributed by atoms with Crippen molar-refractivity contribution in [2.75, 3.05) is 6.54 Å². The van der Waals surface area contributed by atoms with Crippen LogP contribution >= 0.6 is 15.9 Å². The Morgan fingerprint density at radius 3 is 2.64 bits per heavy atom. The summed E-state index contributed by atoms with van der Waals surface area (Å²) < 4.78 is 0.535. The molecular weight excluding hydrogens is 250 g/mol. The number of rotatable bonds is 3. The smallest absolute Gasteiger partial charge is 0.168 e. The third-order valence-electron chi connectivity index (χ3n) is 1.73. The van der Waals surface area contributed by atoms with Crippen LogP contribution in [-0.4, -0.2) is 22.5 Å². The van der Waals surface area contributed by atoms with Gasteiger partial charge in [-0.05, 0) is 18.7 Å². The highest BCUT2D eigenvalue weighted by Gasteiger charge is 2.14. The molecule has 0 unspecified atom stereocenters. The molecule has 5 heteroatoms. The van der Waals surface area contributed by atoms with E-state index in [1.54, 1.807) is 0 Å². The Kier molecular flexibility index (Phi) is 3.49. The van der Waals surface area contributed by atoms with E-state index in [4.69, 9.17) is 5.73 Å². The molecular formula is C9H10BrNO3. The van der Waals surface area contributed by atoms with E-state index in [1.165, 1.54) is 12.1 Å². The van der Waals surface area contributed by atoms with E-state index >= 15 is 0 Å². The lowest BCUT2D eigenvalue weighted by Crippen LogP contribution is -2.08. The number of phenols is 2. The van der Waals surface area contributed by atoms with Crippen molar-refractivity contribution in [3.05, 3.63) is 22.2 Å². The van der Waals surface area contributed by atoms with Gasteiger partial charge in [-0.1, -0.05) is 15.9 Å². The highest BCUT2D eigenvalue weighted by Crippen LogP contribution is 2.33. The van der Waals surface area contributed by atoms with E-state index in [0.29, 0.717) is 4.47 Å². The maximum Gasteiger partial charge on any atom is 0.168 e. The van der Waals surface area contributed by atoms with Gasteiger partial charge in [0.05, 0.1) is 5.56 Å². The van der Waals surface area contributed by atoms with E-state index in [-0.39, 0.29) is 30.1 Å². The summed E-state index contributed by atoms with van der Waals surface area (Å²) in [5.74, 6) is -1.01. The van der Waals surface area contributed by atoms with Crippen LogP contribution in [0.5, 0.6) is 11.5 Å². The molecule has 0 heterocycles. The van der Waals surface area contributed by atoms with Gasteiger partial charge in [-0.3, -0.25) is 4.79 Å². The molecule has 0 radical (unpaired) electrons. The molecule has 0 amide bonds. The maximum atomic E-state index is 11.4. The monoisotopic (exact) mass is 259 g/mol. The van der Waals surface area contributed by atoms with Gasteiger partial charge in [0.25, 0.3) is 0 Å². The molecule has 4 N–H and O–H groups in total. The summed E-state index contributed by atoms with van der Waals surface area (Å²) in [5.41, 5.74) is 5.30. The molecule has 0 aliphatic rings. The van der Waals surface area contributed by atoms with Crippen LogP contribution in [-0.2, 0) is 0 Å². The minimum Gasteiger partial charge on any atom is -0.504 e. The van der Waals surface area contributed by atoms with Gasteiger partial charge in [0.1, 0.15) is 0 Å². The minimum atomic E-state index is -0.397. The number of benzene rings is 1. The average molecular weight is 260 g/mol. The van der Waals surface area contributed by atoms with E-state index in [9.17, 15) is 15.0 Å². The number of aromatic hydroxyl groups is 2. The molecule has 0 spiro atoms. The average Bonchev–Trinajstić information content (AvgIpc) is 2.11. The Morgan fingerprint density at radius 1 is 1.43 bits per heavy atom. The molecule has 0 fully saturated rings. The van der Waals surface area contributed by atoms with Crippen LogP contribution in [0.2, 0.25) is 0 Å². The second kappa shape index (κ2) is 4.43. The molecule has 0 aliphatic heterocycles. The zero-order chi connectivity index (χ0) is 10.7. The Labute approximate surface area is 89.5 Å². The molecule has 0 saturated carbocycles. The standard InChI is InChI=1S/C9H10BrNO3/c10-5-3-6(7(12)1-2-11)9(14)8(13)4-5/h3-4,13-14H,1-2,11H2. The minimum absolute atomic E-state index is 0.0855. The van der Waals surface area contributed by atoms with Gasteiger partial charge < -0.3 is 15.9 Å². The number of Topliss-reactive ketones (excluding diaryl/α,β-unsaturated/α-hetero) is 1. The predicted molar refractivity (Wildman–Crippen MR) is 55.5 cm³/mol. The number of carbonyl (C=O) groups is 1. The second-order valence-electron chi connectivity index (χ2n) is 2.78. The largest absolute Gasteiger partial charge is 0.504 e. The second-order valence-corrected chi connectivity index (χ2v) is 3.70. The maximum absolute atomic E-state index is 11.4. The van der Waals surface area contributed by atoms with Crippen molar-refractivity contribution in [1.29, 1.82) is 0 Å². The fourth-order valence-corrected chi connectivity index (χ4v) is 1.51. The number of nitrogens with two attached hydrogens (primary N) is 1. The first kappa shape index (κ1) is 11.0. The lowest BCUT2D eigenvalue weighted by atomic mass is 10.1. The molecule has 76 valence electrons. The number of phenolic OH excluding ortho intramolecular Hbond substituents is 2. The first-order chi connectivity index (χ1) is 6.56. The summed E-state index contributed by atoms with van der Waals surface area (Å²) in [5, 5.41) is 18.6. The Hall–Kier alpha value is -1.07. The number of halogens is 1. The molecule has 1 rings (SSSR count). The van der Waals surface area contributed by atoms with Crippen LogP contribution < -0.4 is 5.73 Å². The van der Waals surface area contributed by atoms with Gasteiger partial charge in [0.2, 0.25) is 0 Å². The molecule has 1 aromatic carbocycles. The summed E-state index contributed by atoms with van der Waals surface area (Å²) in [6.07, 6.45) is 0.142. The van der Waals surface area contributed by atoms with Gasteiger partial charge in [-0.25, -0.2) is 0 Å². The Balaban J connectivity index is 3.13. The third kappa shape index (κ3) is 2.24. The molecule has 1 aromatic rings. The van der Waals surface area contributed by atoms with Gasteiger partial charge in [0, 0.05) is 10.9 Å². The van der Waals surface area contributed by atoms with Crippen LogP contribution in [0, 0.1) is 0 Å². The predicted octanol–water partition coefficient (Wildman–Crippen LogP) is 1.39. The van der Waals surface area contributed by atoms with Crippen molar-refractivity contribution >= 4 is 21.7 Å². The first-order valence-corrected chi connectivity index (χ1v) is 4.80. The van der Waals surface area contributed by atoms with E-state index in [1.807, 2.05) is 0 Å². The Bertz CT molecular complexity index is 365. The lowest BCUT2D eigenvalue weighted by Gasteiger charge is -2.05. The summed E-state index contributed by atoms with van der Waals surface area (Å²) in [4.78, 5) is 11.4. The van der Waals surface area contributed by atoms with Crippen LogP contribution in [0.4, 0.5) is 0 Å². The van der Waals surface area contributed by atoms with Gasteiger partial charge >= 0.3 is 0 Å². The third-order valence-corrected chi connectivity index (χ3v) is 2.18. The van der Waals surface area contributed by atoms with Crippen LogP contribution in [0.1, 0.15) is 16.8 Å². The summed E-state index contributed by atoms with van der Waals surface area (Å²) in [6.45, 7) is 0.214. The van der Waals surface area contributed by atoms with Crippen molar-refractivity contribution in [3.8, 4) is 11.5 Å². The fourth-order valence-electron chi connectivity index (χ4n) is 1.06.